The number of aryl methyl sites for hydroxylation is 1. The molecule has 0 fully saturated rings. The van der Waals surface area contributed by atoms with Gasteiger partial charge in [-0.15, -0.1) is 11.3 Å². The van der Waals surface area contributed by atoms with E-state index in [4.69, 9.17) is 16.0 Å². The minimum Gasteiger partial charge on any atom is -0.463 e. The number of hydrogen-bond acceptors (Lipinski definition) is 6. The molecule has 1 aromatic carbocycles. The summed E-state index contributed by atoms with van der Waals surface area (Å²) in [5, 5.41) is 8.29. The van der Waals surface area contributed by atoms with Gasteiger partial charge in [0, 0.05) is 10.7 Å². The first-order chi connectivity index (χ1) is 13.0. The lowest BCUT2D eigenvalue weighted by Gasteiger charge is -2.08. The quantitative estimate of drug-likeness (QED) is 0.564. The summed E-state index contributed by atoms with van der Waals surface area (Å²) in [5.41, 5.74) is 0.869. The first-order valence-electron chi connectivity index (χ1n) is 7.99. The molecule has 0 aliphatic carbocycles. The van der Waals surface area contributed by atoms with E-state index in [1.165, 1.54) is 17.6 Å². The van der Waals surface area contributed by atoms with E-state index in [0.29, 0.717) is 26.9 Å². The Balaban J connectivity index is 1.72. The van der Waals surface area contributed by atoms with Crippen LogP contribution in [0.5, 0.6) is 0 Å². The van der Waals surface area contributed by atoms with E-state index in [0.717, 1.165) is 9.69 Å². The molecule has 3 heterocycles. The highest BCUT2D eigenvalue weighted by molar-refractivity contribution is 7.19. The lowest BCUT2D eigenvalue weighted by molar-refractivity contribution is -0.117. The fraction of sp³-hybridized carbons (Fsp3) is 0.111. The topological polar surface area (TPSA) is 90.0 Å². The number of benzene rings is 1. The molecule has 27 heavy (non-hydrogen) atoms. The molecule has 0 unspecified atom stereocenters. The van der Waals surface area contributed by atoms with Crippen LogP contribution < -0.4 is 10.9 Å². The van der Waals surface area contributed by atoms with Crippen molar-refractivity contribution in [1.82, 2.24) is 14.8 Å². The first-order valence-corrected chi connectivity index (χ1v) is 9.18. The highest BCUT2D eigenvalue weighted by Crippen LogP contribution is 2.29. The lowest BCUT2D eigenvalue weighted by Crippen LogP contribution is -2.30. The van der Waals surface area contributed by atoms with Gasteiger partial charge < -0.3 is 9.73 Å². The number of halogens is 1. The number of anilines is 1. The van der Waals surface area contributed by atoms with Gasteiger partial charge >= 0.3 is 0 Å². The molecule has 0 spiro atoms. The normalized spacial score (nSPS) is 11.0. The summed E-state index contributed by atoms with van der Waals surface area (Å²) in [6.07, 6.45) is 1.53. The Bertz CT molecular complexity index is 1200. The number of fused-ring (bicyclic) bond motifs is 1. The van der Waals surface area contributed by atoms with Crippen molar-refractivity contribution < 1.29 is 9.21 Å². The minimum absolute atomic E-state index is 0.258. The predicted octanol–water partition coefficient (Wildman–Crippen LogP) is 3.71. The summed E-state index contributed by atoms with van der Waals surface area (Å²) in [5.74, 6) is 0.108. The summed E-state index contributed by atoms with van der Waals surface area (Å²) in [4.78, 5) is 29.4. The Labute approximate surface area is 162 Å². The van der Waals surface area contributed by atoms with Crippen LogP contribution in [0.3, 0.4) is 0 Å². The third-order valence-electron chi connectivity index (χ3n) is 3.76. The van der Waals surface area contributed by atoms with Crippen LogP contribution in [0.4, 0.5) is 5.69 Å². The maximum atomic E-state index is 12.7. The van der Waals surface area contributed by atoms with E-state index in [-0.39, 0.29) is 12.1 Å². The Morgan fingerprint density at radius 1 is 1.33 bits per heavy atom. The third kappa shape index (κ3) is 3.49. The lowest BCUT2D eigenvalue weighted by atomic mass is 10.3. The van der Waals surface area contributed by atoms with E-state index in [2.05, 4.69) is 15.4 Å². The van der Waals surface area contributed by atoms with Gasteiger partial charge in [0.05, 0.1) is 16.0 Å². The smallest absolute Gasteiger partial charge is 0.294 e. The zero-order valence-corrected chi connectivity index (χ0v) is 15.7. The second kappa shape index (κ2) is 6.98. The number of carbonyl (C=O) groups is 1. The Hall–Kier alpha value is -2.97. The van der Waals surface area contributed by atoms with Gasteiger partial charge in [-0.2, -0.15) is 5.10 Å². The van der Waals surface area contributed by atoms with Crippen molar-refractivity contribution in [3.05, 3.63) is 63.0 Å². The van der Waals surface area contributed by atoms with Crippen molar-refractivity contribution in [2.45, 2.75) is 13.5 Å². The highest BCUT2D eigenvalue weighted by Gasteiger charge is 2.19. The van der Waals surface area contributed by atoms with Gasteiger partial charge in [0.2, 0.25) is 5.91 Å². The van der Waals surface area contributed by atoms with Crippen LogP contribution in [0.25, 0.3) is 21.7 Å². The Kier molecular flexibility index (Phi) is 4.51. The highest BCUT2D eigenvalue weighted by atomic mass is 35.5. The number of furan rings is 1. The van der Waals surface area contributed by atoms with Crippen LogP contribution in [-0.4, -0.2) is 20.7 Å². The molecule has 4 rings (SSSR count). The molecule has 0 radical (unpaired) electrons. The fourth-order valence-electron chi connectivity index (χ4n) is 2.65. The molecule has 3 aromatic heterocycles. The Morgan fingerprint density at radius 3 is 2.93 bits per heavy atom. The zero-order valence-electron chi connectivity index (χ0n) is 14.1. The van der Waals surface area contributed by atoms with Gasteiger partial charge in [0.15, 0.2) is 11.3 Å². The standard InChI is InChI=1S/C18H13ClN4O3S/c1-10-20-16-17(27-10)15(13-6-3-7-26-13)22-23(18(16)25)9-14(24)21-12-5-2-4-11(19)8-12/h2-8H,9H2,1H3,(H,21,24). The van der Waals surface area contributed by atoms with Crippen LogP contribution in [0, 0.1) is 6.92 Å². The van der Waals surface area contributed by atoms with Gasteiger partial charge in [-0.25, -0.2) is 9.67 Å². The largest absolute Gasteiger partial charge is 0.463 e. The van der Waals surface area contributed by atoms with Gasteiger partial charge in [-0.1, -0.05) is 17.7 Å². The van der Waals surface area contributed by atoms with Crippen LogP contribution in [-0.2, 0) is 11.3 Å². The molecule has 4 aromatic rings. The van der Waals surface area contributed by atoms with Crippen molar-refractivity contribution in [1.29, 1.82) is 0 Å². The monoisotopic (exact) mass is 400 g/mol. The summed E-state index contributed by atoms with van der Waals surface area (Å²) in [6.45, 7) is 1.55. The van der Waals surface area contributed by atoms with E-state index in [1.807, 2.05) is 6.92 Å². The number of rotatable bonds is 4. The molecule has 0 aliphatic rings. The van der Waals surface area contributed by atoms with Gasteiger partial charge in [-0.05, 0) is 37.3 Å². The molecular formula is C18H13ClN4O3S. The number of amides is 1. The maximum absolute atomic E-state index is 12.7. The molecule has 0 aliphatic heterocycles. The second-order valence-electron chi connectivity index (χ2n) is 5.76. The minimum atomic E-state index is -0.425. The number of carbonyl (C=O) groups excluding carboxylic acids is 1. The zero-order chi connectivity index (χ0) is 19.0. The molecule has 1 amide bonds. The van der Waals surface area contributed by atoms with E-state index >= 15 is 0 Å². The van der Waals surface area contributed by atoms with Crippen molar-refractivity contribution in [3.63, 3.8) is 0 Å². The van der Waals surface area contributed by atoms with Crippen molar-refractivity contribution >= 4 is 44.7 Å². The van der Waals surface area contributed by atoms with Crippen LogP contribution in [0.1, 0.15) is 5.01 Å². The summed E-state index contributed by atoms with van der Waals surface area (Å²) >= 11 is 7.28. The average molecular weight is 401 g/mol. The fourth-order valence-corrected chi connectivity index (χ4v) is 3.74. The predicted molar refractivity (Wildman–Crippen MR) is 104 cm³/mol. The molecule has 1 N–H and O–H groups in total. The summed E-state index contributed by atoms with van der Waals surface area (Å²) in [7, 11) is 0. The van der Waals surface area contributed by atoms with Gasteiger partial charge in [0.1, 0.15) is 12.2 Å². The first kappa shape index (κ1) is 17.4. The second-order valence-corrected chi connectivity index (χ2v) is 7.40. The maximum Gasteiger partial charge on any atom is 0.294 e. The van der Waals surface area contributed by atoms with Crippen molar-refractivity contribution in [2.75, 3.05) is 5.32 Å². The molecule has 7 nitrogen and oxygen atoms in total. The van der Waals surface area contributed by atoms with E-state index < -0.39 is 11.5 Å². The average Bonchev–Trinajstić information content (AvgIpc) is 3.27. The number of thiazole rings is 1. The summed E-state index contributed by atoms with van der Waals surface area (Å²) < 4.78 is 7.17. The SMILES string of the molecule is Cc1nc2c(=O)n(CC(=O)Nc3cccc(Cl)c3)nc(-c3ccco3)c2s1. The summed E-state index contributed by atoms with van der Waals surface area (Å²) in [6, 6.07) is 10.2. The van der Waals surface area contributed by atoms with Crippen LogP contribution in [0.2, 0.25) is 5.02 Å². The third-order valence-corrected chi connectivity index (χ3v) is 4.98. The van der Waals surface area contributed by atoms with Crippen LogP contribution in [0.15, 0.2) is 51.9 Å². The van der Waals surface area contributed by atoms with Crippen molar-refractivity contribution in [3.8, 4) is 11.5 Å². The number of nitrogens with one attached hydrogen (secondary N) is 1. The Morgan fingerprint density at radius 2 is 2.19 bits per heavy atom. The molecule has 0 saturated heterocycles. The van der Waals surface area contributed by atoms with Crippen molar-refractivity contribution in [2.24, 2.45) is 0 Å². The number of hydrogen-bond donors (Lipinski definition) is 1. The molecular weight excluding hydrogens is 388 g/mol. The number of aromatic nitrogens is 3. The van der Waals surface area contributed by atoms with Crippen LogP contribution >= 0.6 is 22.9 Å². The number of nitrogens with zero attached hydrogens (tertiary/aromatic N) is 3. The van der Waals surface area contributed by atoms with Gasteiger partial charge in [-0.3, -0.25) is 9.59 Å². The van der Waals surface area contributed by atoms with E-state index in [1.54, 1.807) is 36.4 Å². The molecule has 0 atom stereocenters. The molecule has 0 bridgehead atoms. The van der Waals surface area contributed by atoms with E-state index in [9.17, 15) is 9.59 Å². The molecule has 9 heteroatoms. The molecule has 136 valence electrons. The molecule has 0 saturated carbocycles. The van der Waals surface area contributed by atoms with Gasteiger partial charge in [0.25, 0.3) is 5.56 Å².